The van der Waals surface area contributed by atoms with Gasteiger partial charge in [0.25, 0.3) is 0 Å². The fourth-order valence-electron chi connectivity index (χ4n) is 1.32. The van der Waals surface area contributed by atoms with Crippen LogP contribution in [-0.4, -0.2) is 22.6 Å². The smallest absolute Gasteiger partial charge is 0.332 e. The highest BCUT2D eigenvalue weighted by molar-refractivity contribution is 7.99. The Labute approximate surface area is 84.4 Å². The summed E-state index contributed by atoms with van der Waals surface area (Å²) < 4.78 is 0. The molecule has 0 saturated carbocycles. The van der Waals surface area contributed by atoms with Gasteiger partial charge in [-0.2, -0.15) is 11.8 Å². The molecule has 0 spiro atoms. The Hall–Kier alpha value is -0.440. The largest absolute Gasteiger partial charge is 0.478 e. The topological polar surface area (TPSA) is 37.3 Å². The highest BCUT2D eigenvalue weighted by atomic mass is 32.2. The molecule has 0 fully saturated rings. The number of hydrogen-bond acceptors (Lipinski definition) is 2. The highest BCUT2D eigenvalue weighted by Crippen LogP contribution is 2.27. The summed E-state index contributed by atoms with van der Waals surface area (Å²) in [7, 11) is 0. The molecule has 0 bridgehead atoms. The molecule has 1 aliphatic rings. The van der Waals surface area contributed by atoms with Gasteiger partial charge >= 0.3 is 5.97 Å². The van der Waals surface area contributed by atoms with Crippen LogP contribution in [0.5, 0.6) is 0 Å². The van der Waals surface area contributed by atoms with Crippen LogP contribution in [0.1, 0.15) is 33.1 Å². The summed E-state index contributed by atoms with van der Waals surface area (Å²) in [5.74, 6) is -0.746. The summed E-state index contributed by atoms with van der Waals surface area (Å²) in [4.78, 5) is 10.6. The second-order valence-electron chi connectivity index (χ2n) is 2.62. The third kappa shape index (κ3) is 3.85. The predicted octanol–water partition coefficient (Wildman–Crippen LogP) is 2.94. The molecule has 1 atom stereocenters. The zero-order valence-electron chi connectivity index (χ0n) is 8.54. The first-order chi connectivity index (χ1) is 6.25. The molecule has 0 radical (unpaired) electrons. The van der Waals surface area contributed by atoms with Gasteiger partial charge in [0.2, 0.25) is 0 Å². The normalized spacial score (nSPS) is 21.2. The second kappa shape index (κ2) is 7.01. The van der Waals surface area contributed by atoms with Gasteiger partial charge < -0.3 is 5.11 Å². The van der Waals surface area contributed by atoms with Gasteiger partial charge in [-0.15, -0.1) is 0 Å². The summed E-state index contributed by atoms with van der Waals surface area (Å²) in [6, 6.07) is 0. The van der Waals surface area contributed by atoms with Crippen molar-refractivity contribution in [3.05, 3.63) is 11.6 Å². The van der Waals surface area contributed by atoms with Crippen molar-refractivity contribution in [3.8, 4) is 0 Å². The first-order valence-corrected chi connectivity index (χ1v) is 6.00. The van der Waals surface area contributed by atoms with Gasteiger partial charge in [0.15, 0.2) is 0 Å². The lowest BCUT2D eigenvalue weighted by atomic mass is 9.99. The number of allylic oxidation sites excluding steroid dienone is 1. The van der Waals surface area contributed by atoms with E-state index in [-0.39, 0.29) is 5.25 Å². The fraction of sp³-hybridized carbons (Fsp3) is 0.700. The molecule has 0 heterocycles. The van der Waals surface area contributed by atoms with Crippen LogP contribution >= 0.6 is 11.8 Å². The monoisotopic (exact) mass is 202 g/mol. The van der Waals surface area contributed by atoms with E-state index in [9.17, 15) is 4.79 Å². The Kier molecular flexibility index (Phi) is 6.77. The van der Waals surface area contributed by atoms with Crippen LogP contribution in [0.3, 0.4) is 0 Å². The zero-order chi connectivity index (χ0) is 10.3. The maximum absolute atomic E-state index is 10.6. The van der Waals surface area contributed by atoms with Crippen LogP contribution in [0, 0.1) is 0 Å². The Bertz CT molecular complexity index is 187. The van der Waals surface area contributed by atoms with Crippen LogP contribution in [0.2, 0.25) is 0 Å². The van der Waals surface area contributed by atoms with Gasteiger partial charge in [0, 0.05) is 10.8 Å². The van der Waals surface area contributed by atoms with Gasteiger partial charge in [-0.25, -0.2) is 4.79 Å². The highest BCUT2D eigenvalue weighted by Gasteiger charge is 2.21. The SMILES string of the molecule is CC.CSC1CCCC=C1C(=O)O. The number of rotatable bonds is 2. The Balaban J connectivity index is 0.000000671. The lowest BCUT2D eigenvalue weighted by molar-refractivity contribution is -0.132. The molecule has 0 aliphatic heterocycles. The lowest BCUT2D eigenvalue weighted by Gasteiger charge is -2.18. The van der Waals surface area contributed by atoms with E-state index in [1.807, 2.05) is 26.2 Å². The van der Waals surface area contributed by atoms with Crippen molar-refractivity contribution in [1.82, 2.24) is 0 Å². The van der Waals surface area contributed by atoms with Crippen molar-refractivity contribution in [3.63, 3.8) is 0 Å². The Morgan fingerprint density at radius 2 is 2.23 bits per heavy atom. The van der Waals surface area contributed by atoms with Crippen molar-refractivity contribution in [2.45, 2.75) is 38.4 Å². The molecule has 3 heteroatoms. The number of carboxylic acid groups (broad SMARTS) is 1. The van der Waals surface area contributed by atoms with Gasteiger partial charge in [-0.3, -0.25) is 0 Å². The average Bonchev–Trinajstić information content (AvgIpc) is 2.20. The molecule has 1 unspecified atom stereocenters. The summed E-state index contributed by atoms with van der Waals surface area (Å²) in [5, 5.41) is 8.98. The van der Waals surface area contributed by atoms with E-state index >= 15 is 0 Å². The Morgan fingerprint density at radius 1 is 1.62 bits per heavy atom. The number of aliphatic carboxylic acids is 1. The molecular weight excluding hydrogens is 184 g/mol. The minimum atomic E-state index is -0.746. The minimum absolute atomic E-state index is 0.223. The third-order valence-electron chi connectivity index (χ3n) is 1.91. The summed E-state index contributed by atoms with van der Waals surface area (Å²) >= 11 is 1.63. The van der Waals surface area contributed by atoms with Crippen LogP contribution in [0.25, 0.3) is 0 Å². The van der Waals surface area contributed by atoms with E-state index in [4.69, 9.17) is 5.11 Å². The molecular formula is C10H18O2S. The standard InChI is InChI=1S/C8H12O2S.C2H6/c1-11-7-5-3-2-4-6(7)8(9)10;1-2/h4,7H,2-3,5H2,1H3,(H,9,10);1-2H3. The molecule has 0 aromatic heterocycles. The molecule has 0 aromatic carbocycles. The van der Waals surface area contributed by atoms with Crippen LogP contribution < -0.4 is 0 Å². The van der Waals surface area contributed by atoms with Crippen molar-refractivity contribution in [2.24, 2.45) is 0 Å². The quantitative estimate of drug-likeness (QED) is 0.748. The van der Waals surface area contributed by atoms with Crippen molar-refractivity contribution in [1.29, 1.82) is 0 Å². The van der Waals surface area contributed by atoms with Gasteiger partial charge in [-0.1, -0.05) is 19.9 Å². The number of carbonyl (C=O) groups is 1. The molecule has 2 nitrogen and oxygen atoms in total. The third-order valence-corrected chi connectivity index (χ3v) is 2.97. The van der Waals surface area contributed by atoms with Gasteiger partial charge in [0.1, 0.15) is 0 Å². The van der Waals surface area contributed by atoms with Crippen molar-refractivity contribution < 1.29 is 9.90 Å². The van der Waals surface area contributed by atoms with E-state index in [0.29, 0.717) is 5.57 Å². The molecule has 76 valence electrons. The van der Waals surface area contributed by atoms with Crippen LogP contribution in [-0.2, 0) is 4.79 Å². The van der Waals surface area contributed by atoms with Crippen molar-refractivity contribution >= 4 is 17.7 Å². The first kappa shape index (κ1) is 12.6. The van der Waals surface area contributed by atoms with E-state index in [1.165, 1.54) is 0 Å². The molecule has 13 heavy (non-hydrogen) atoms. The molecule has 1 aliphatic carbocycles. The lowest BCUT2D eigenvalue weighted by Crippen LogP contribution is -2.17. The van der Waals surface area contributed by atoms with Crippen LogP contribution in [0.4, 0.5) is 0 Å². The Morgan fingerprint density at radius 3 is 2.62 bits per heavy atom. The second-order valence-corrected chi connectivity index (χ2v) is 3.66. The van der Waals surface area contributed by atoms with E-state index in [0.717, 1.165) is 19.3 Å². The summed E-state index contributed by atoms with van der Waals surface area (Å²) in [5.41, 5.74) is 0.601. The maximum atomic E-state index is 10.6. The maximum Gasteiger partial charge on any atom is 0.332 e. The predicted molar refractivity (Wildman–Crippen MR) is 58.2 cm³/mol. The number of hydrogen-bond donors (Lipinski definition) is 1. The van der Waals surface area contributed by atoms with E-state index in [1.54, 1.807) is 11.8 Å². The molecule has 0 aromatic rings. The fourth-order valence-corrected chi connectivity index (χ4v) is 2.17. The van der Waals surface area contributed by atoms with Crippen molar-refractivity contribution in [2.75, 3.05) is 6.26 Å². The van der Waals surface area contributed by atoms with Gasteiger partial charge in [-0.05, 0) is 25.5 Å². The molecule has 1 N–H and O–H groups in total. The molecule has 0 amide bonds. The van der Waals surface area contributed by atoms with Gasteiger partial charge in [0.05, 0.1) is 0 Å². The molecule has 0 saturated heterocycles. The first-order valence-electron chi connectivity index (χ1n) is 4.72. The van der Waals surface area contributed by atoms with Crippen LogP contribution in [0.15, 0.2) is 11.6 Å². The summed E-state index contributed by atoms with van der Waals surface area (Å²) in [6.45, 7) is 4.00. The minimum Gasteiger partial charge on any atom is -0.478 e. The number of carboxylic acids is 1. The van der Waals surface area contributed by atoms with E-state index < -0.39 is 5.97 Å². The molecule has 1 rings (SSSR count). The summed E-state index contributed by atoms with van der Waals surface area (Å²) in [6.07, 6.45) is 6.89. The van der Waals surface area contributed by atoms with E-state index in [2.05, 4.69) is 0 Å². The number of thioether (sulfide) groups is 1. The zero-order valence-corrected chi connectivity index (χ0v) is 9.36. The average molecular weight is 202 g/mol.